The molecule has 0 bridgehead atoms. The van der Waals surface area contributed by atoms with Crippen LogP contribution >= 0.6 is 31.9 Å². The maximum Gasteiger partial charge on any atom is 0.0741 e. The number of ether oxygens (including phenoxy) is 1. The van der Waals surface area contributed by atoms with Crippen molar-refractivity contribution in [1.29, 1.82) is 0 Å². The Hall–Kier alpha value is 0.0300. The van der Waals surface area contributed by atoms with Crippen LogP contribution in [0.2, 0.25) is 0 Å². The van der Waals surface area contributed by atoms with Gasteiger partial charge in [0.15, 0.2) is 0 Å². The standard InChI is InChI=1S/C11H16Br2N2O/c1-3-4-16-7-10(14-2)11-9(13)5-8(12)6-15-11/h5-6,10,14H,3-4,7H2,1-2H3. The molecule has 1 rings (SSSR count). The van der Waals surface area contributed by atoms with Crippen LogP contribution in [0.3, 0.4) is 0 Å². The summed E-state index contributed by atoms with van der Waals surface area (Å²) in [4.78, 5) is 4.39. The smallest absolute Gasteiger partial charge is 0.0741 e. The Morgan fingerprint density at radius 3 is 2.81 bits per heavy atom. The second-order valence-electron chi connectivity index (χ2n) is 3.44. The van der Waals surface area contributed by atoms with Crippen LogP contribution in [0.5, 0.6) is 0 Å². The largest absolute Gasteiger partial charge is 0.379 e. The molecule has 1 unspecified atom stereocenters. The van der Waals surface area contributed by atoms with Crippen molar-refractivity contribution in [3.05, 3.63) is 26.9 Å². The molecule has 0 spiro atoms. The summed E-state index contributed by atoms with van der Waals surface area (Å²) in [5.74, 6) is 0. The third-order valence-electron chi connectivity index (χ3n) is 2.15. The molecule has 1 aromatic heterocycles. The van der Waals surface area contributed by atoms with Crippen molar-refractivity contribution in [3.63, 3.8) is 0 Å². The quantitative estimate of drug-likeness (QED) is 0.798. The first-order chi connectivity index (χ1) is 7.69. The highest BCUT2D eigenvalue weighted by Gasteiger charge is 2.14. The molecule has 1 atom stereocenters. The predicted octanol–water partition coefficient (Wildman–Crippen LogP) is 3.29. The molecular weight excluding hydrogens is 336 g/mol. The van der Waals surface area contributed by atoms with Gasteiger partial charge < -0.3 is 10.1 Å². The van der Waals surface area contributed by atoms with Gasteiger partial charge >= 0.3 is 0 Å². The zero-order valence-electron chi connectivity index (χ0n) is 9.46. The van der Waals surface area contributed by atoms with Gasteiger partial charge in [0.2, 0.25) is 0 Å². The van der Waals surface area contributed by atoms with Gasteiger partial charge in [-0.3, -0.25) is 4.98 Å². The fraction of sp³-hybridized carbons (Fsp3) is 0.545. The van der Waals surface area contributed by atoms with Crippen molar-refractivity contribution in [3.8, 4) is 0 Å². The molecule has 0 aliphatic heterocycles. The summed E-state index contributed by atoms with van der Waals surface area (Å²) in [5.41, 5.74) is 0.974. The number of hydrogen-bond donors (Lipinski definition) is 1. The average Bonchev–Trinajstić information content (AvgIpc) is 2.26. The molecule has 0 aromatic carbocycles. The highest BCUT2D eigenvalue weighted by molar-refractivity contribution is 9.11. The van der Waals surface area contributed by atoms with Gasteiger partial charge in [-0.2, -0.15) is 0 Å². The molecule has 1 N–H and O–H groups in total. The second-order valence-corrected chi connectivity index (χ2v) is 5.21. The number of nitrogens with one attached hydrogen (secondary N) is 1. The molecule has 0 aliphatic rings. The van der Waals surface area contributed by atoms with Gasteiger partial charge in [0.25, 0.3) is 0 Å². The van der Waals surface area contributed by atoms with Gasteiger partial charge in [0, 0.05) is 21.7 Å². The molecule has 90 valence electrons. The number of halogens is 2. The Kier molecular flexibility index (Phi) is 6.49. The minimum atomic E-state index is 0.119. The monoisotopic (exact) mass is 350 g/mol. The molecule has 0 amide bonds. The van der Waals surface area contributed by atoms with E-state index in [1.807, 2.05) is 13.1 Å². The summed E-state index contributed by atoms with van der Waals surface area (Å²) in [6, 6.07) is 2.11. The van der Waals surface area contributed by atoms with Crippen LogP contribution in [0, 0.1) is 0 Å². The van der Waals surface area contributed by atoms with Crippen LogP contribution < -0.4 is 5.32 Å². The van der Waals surface area contributed by atoms with E-state index in [9.17, 15) is 0 Å². The van der Waals surface area contributed by atoms with Crippen LogP contribution in [0.1, 0.15) is 25.1 Å². The van der Waals surface area contributed by atoms with E-state index < -0.39 is 0 Å². The van der Waals surface area contributed by atoms with Crippen molar-refractivity contribution in [2.24, 2.45) is 0 Å². The normalized spacial score (nSPS) is 12.8. The molecule has 1 aromatic rings. The van der Waals surface area contributed by atoms with Gasteiger partial charge in [0.1, 0.15) is 0 Å². The Balaban J connectivity index is 2.70. The third kappa shape index (κ3) is 4.13. The highest BCUT2D eigenvalue weighted by Crippen LogP contribution is 2.24. The van der Waals surface area contributed by atoms with Crippen molar-refractivity contribution in [1.82, 2.24) is 10.3 Å². The van der Waals surface area contributed by atoms with E-state index in [2.05, 4.69) is 49.1 Å². The lowest BCUT2D eigenvalue weighted by molar-refractivity contribution is 0.113. The molecule has 1 heterocycles. The Morgan fingerprint density at radius 1 is 1.50 bits per heavy atom. The number of nitrogens with zero attached hydrogens (tertiary/aromatic N) is 1. The van der Waals surface area contributed by atoms with Crippen molar-refractivity contribution >= 4 is 31.9 Å². The summed E-state index contributed by atoms with van der Waals surface area (Å²) in [5, 5.41) is 3.20. The molecule has 0 fully saturated rings. The number of aromatic nitrogens is 1. The van der Waals surface area contributed by atoms with Gasteiger partial charge in [-0.05, 0) is 51.4 Å². The van der Waals surface area contributed by atoms with E-state index in [4.69, 9.17) is 4.74 Å². The van der Waals surface area contributed by atoms with Crippen LogP contribution in [-0.2, 0) is 4.74 Å². The lowest BCUT2D eigenvalue weighted by atomic mass is 10.2. The summed E-state index contributed by atoms with van der Waals surface area (Å²) in [7, 11) is 1.91. The summed E-state index contributed by atoms with van der Waals surface area (Å²) in [6.45, 7) is 3.52. The Labute approximate surface area is 113 Å². The van der Waals surface area contributed by atoms with Crippen molar-refractivity contribution in [2.75, 3.05) is 20.3 Å². The van der Waals surface area contributed by atoms with Gasteiger partial charge in [-0.25, -0.2) is 0 Å². The topological polar surface area (TPSA) is 34.1 Å². The van der Waals surface area contributed by atoms with E-state index >= 15 is 0 Å². The first-order valence-corrected chi connectivity index (χ1v) is 6.83. The van der Waals surface area contributed by atoms with Crippen molar-refractivity contribution < 1.29 is 4.74 Å². The van der Waals surface area contributed by atoms with Crippen LogP contribution in [0.25, 0.3) is 0 Å². The minimum Gasteiger partial charge on any atom is -0.379 e. The van der Waals surface area contributed by atoms with Crippen LogP contribution in [0.15, 0.2) is 21.2 Å². The fourth-order valence-corrected chi connectivity index (χ4v) is 2.59. The molecule has 5 heteroatoms. The molecule has 0 aliphatic carbocycles. The fourth-order valence-electron chi connectivity index (χ4n) is 1.33. The molecule has 3 nitrogen and oxygen atoms in total. The first kappa shape index (κ1) is 14.1. The van der Waals surface area contributed by atoms with E-state index in [1.165, 1.54) is 0 Å². The second kappa shape index (κ2) is 7.37. The molecular formula is C11H16Br2N2O. The SMILES string of the molecule is CCCOCC(NC)c1ncc(Br)cc1Br. The van der Waals surface area contributed by atoms with E-state index in [0.29, 0.717) is 6.61 Å². The van der Waals surface area contributed by atoms with Crippen molar-refractivity contribution in [2.45, 2.75) is 19.4 Å². The molecule has 0 saturated carbocycles. The first-order valence-electron chi connectivity index (χ1n) is 5.25. The number of hydrogen-bond acceptors (Lipinski definition) is 3. The van der Waals surface area contributed by atoms with Crippen LogP contribution in [0.4, 0.5) is 0 Å². The molecule has 0 radical (unpaired) electrons. The Bertz CT molecular complexity index is 334. The number of likely N-dealkylation sites (N-methyl/N-ethyl adjacent to an activating group) is 1. The maximum atomic E-state index is 5.54. The molecule has 0 saturated heterocycles. The zero-order valence-corrected chi connectivity index (χ0v) is 12.6. The molecule has 16 heavy (non-hydrogen) atoms. The maximum absolute atomic E-state index is 5.54. The summed E-state index contributed by atoms with van der Waals surface area (Å²) in [6.07, 6.45) is 2.83. The van der Waals surface area contributed by atoms with E-state index in [1.54, 1.807) is 6.20 Å². The van der Waals surface area contributed by atoms with E-state index in [-0.39, 0.29) is 6.04 Å². The average molecular weight is 352 g/mol. The summed E-state index contributed by atoms with van der Waals surface area (Å²) < 4.78 is 7.49. The predicted molar refractivity (Wildman–Crippen MR) is 72.5 cm³/mol. The summed E-state index contributed by atoms with van der Waals surface area (Å²) >= 11 is 6.90. The van der Waals surface area contributed by atoms with Gasteiger partial charge in [-0.15, -0.1) is 0 Å². The third-order valence-corrected chi connectivity index (χ3v) is 3.22. The van der Waals surface area contributed by atoms with Gasteiger partial charge in [0.05, 0.1) is 18.3 Å². The number of rotatable bonds is 6. The van der Waals surface area contributed by atoms with Crippen LogP contribution in [-0.4, -0.2) is 25.2 Å². The van der Waals surface area contributed by atoms with Gasteiger partial charge in [-0.1, -0.05) is 6.92 Å². The zero-order chi connectivity index (χ0) is 12.0. The number of pyridine rings is 1. The lowest BCUT2D eigenvalue weighted by Gasteiger charge is -2.17. The Morgan fingerprint density at radius 2 is 2.25 bits per heavy atom. The van der Waals surface area contributed by atoms with E-state index in [0.717, 1.165) is 27.7 Å². The lowest BCUT2D eigenvalue weighted by Crippen LogP contribution is -2.23. The minimum absolute atomic E-state index is 0.119. The highest BCUT2D eigenvalue weighted by atomic mass is 79.9.